The van der Waals surface area contributed by atoms with E-state index in [0.717, 1.165) is 30.7 Å². The van der Waals surface area contributed by atoms with E-state index in [1.54, 1.807) is 11.0 Å². The third-order valence-electron chi connectivity index (χ3n) is 8.28. The number of aryl methyl sites for hydroxylation is 1. The quantitative estimate of drug-likeness (QED) is 0.310. The number of aromatic nitrogens is 3. The van der Waals surface area contributed by atoms with Crippen molar-refractivity contribution in [3.63, 3.8) is 0 Å². The van der Waals surface area contributed by atoms with Gasteiger partial charge in [0.05, 0.1) is 10.2 Å². The van der Waals surface area contributed by atoms with Crippen molar-refractivity contribution in [2.45, 2.75) is 32.2 Å². The molecule has 2 saturated heterocycles. The van der Waals surface area contributed by atoms with Gasteiger partial charge < -0.3 is 25.2 Å². The number of halogens is 2. The summed E-state index contributed by atoms with van der Waals surface area (Å²) in [5, 5.41) is 0.764. The molecule has 0 aliphatic carbocycles. The predicted molar refractivity (Wildman–Crippen MR) is 162 cm³/mol. The van der Waals surface area contributed by atoms with Crippen molar-refractivity contribution in [2.24, 2.45) is 0 Å². The fraction of sp³-hybridized carbons (Fsp3) is 0.400. The number of nitrogens with two attached hydrogens (primary N) is 1. The standard InChI is InChI=1S/C30H33F2N7O2S/c1-4-17-15-20-25(24(32)23(17)19-8-9-21(31)27-26(19)34-29(33)42-27)35-30(41-16-18-7-6-10-37(18)3)36-28(20)39-13-11-38(12-14-39)22(40)5-2/h5,8-9,15,18H,2,4,6-7,10-14,16H2,1,3H3,(H2,33,34)/t18-/m0/s1. The van der Waals surface area contributed by atoms with Gasteiger partial charge in [0.2, 0.25) is 5.91 Å². The number of hydrogen-bond donors (Lipinski definition) is 1. The topological polar surface area (TPSA) is 101 Å². The van der Waals surface area contributed by atoms with Gasteiger partial charge in [-0.1, -0.05) is 24.8 Å². The van der Waals surface area contributed by atoms with E-state index in [-0.39, 0.29) is 33.3 Å². The molecule has 1 amide bonds. The third kappa shape index (κ3) is 5.02. The van der Waals surface area contributed by atoms with Gasteiger partial charge in [-0.25, -0.2) is 13.8 Å². The van der Waals surface area contributed by atoms with Crippen LogP contribution in [-0.2, 0) is 11.2 Å². The number of nitrogens with zero attached hydrogens (tertiary/aromatic N) is 6. The van der Waals surface area contributed by atoms with Gasteiger partial charge in [-0.2, -0.15) is 9.97 Å². The number of anilines is 2. The molecule has 2 fully saturated rings. The number of fused-ring (bicyclic) bond motifs is 2. The number of carbonyl (C=O) groups is 1. The molecule has 0 unspecified atom stereocenters. The Morgan fingerprint density at radius 2 is 1.95 bits per heavy atom. The first-order valence-corrected chi connectivity index (χ1v) is 15.0. The zero-order valence-electron chi connectivity index (χ0n) is 23.7. The zero-order valence-corrected chi connectivity index (χ0v) is 24.5. The predicted octanol–water partition coefficient (Wildman–Crippen LogP) is 4.64. The summed E-state index contributed by atoms with van der Waals surface area (Å²) in [6.45, 7) is 8.91. The Labute approximate surface area is 246 Å². The number of thiazole rings is 1. The highest BCUT2D eigenvalue weighted by molar-refractivity contribution is 7.22. The van der Waals surface area contributed by atoms with Gasteiger partial charge in [-0.15, -0.1) is 0 Å². The second-order valence-electron chi connectivity index (χ2n) is 10.7. The van der Waals surface area contributed by atoms with Crippen molar-refractivity contribution in [2.75, 3.05) is 57.0 Å². The molecule has 2 N–H and O–H groups in total. The number of nitrogen functional groups attached to an aromatic ring is 1. The number of likely N-dealkylation sites (tertiary alicyclic amines) is 1. The molecule has 12 heteroatoms. The average molecular weight is 594 g/mol. The average Bonchev–Trinajstić information content (AvgIpc) is 3.61. The number of benzene rings is 2. The van der Waals surface area contributed by atoms with Crippen LogP contribution in [0, 0.1) is 11.6 Å². The van der Waals surface area contributed by atoms with Crippen LogP contribution in [0.25, 0.3) is 32.2 Å². The van der Waals surface area contributed by atoms with Crippen molar-refractivity contribution >= 4 is 49.3 Å². The lowest BCUT2D eigenvalue weighted by Crippen LogP contribution is -2.48. The van der Waals surface area contributed by atoms with Crippen LogP contribution >= 0.6 is 11.3 Å². The maximum atomic E-state index is 16.8. The van der Waals surface area contributed by atoms with Gasteiger partial charge in [0.25, 0.3) is 0 Å². The Morgan fingerprint density at radius 1 is 1.17 bits per heavy atom. The zero-order chi connectivity index (χ0) is 29.5. The molecule has 0 saturated carbocycles. The van der Waals surface area contributed by atoms with E-state index >= 15 is 4.39 Å². The summed E-state index contributed by atoms with van der Waals surface area (Å²) < 4.78 is 37.8. The SMILES string of the molecule is C=CC(=O)N1CCN(c2nc(OC[C@@H]3CCCN3C)nc3c(F)c(-c4ccc(F)c5sc(N)nc45)c(CC)cc23)CC1. The van der Waals surface area contributed by atoms with Crippen LogP contribution in [0.4, 0.5) is 19.7 Å². The van der Waals surface area contributed by atoms with Gasteiger partial charge in [-0.05, 0) is 62.7 Å². The van der Waals surface area contributed by atoms with E-state index in [0.29, 0.717) is 72.6 Å². The van der Waals surface area contributed by atoms with Crippen LogP contribution in [0.15, 0.2) is 30.9 Å². The lowest BCUT2D eigenvalue weighted by Gasteiger charge is -2.35. The fourth-order valence-corrected chi connectivity index (χ4v) is 6.71. The molecule has 42 heavy (non-hydrogen) atoms. The van der Waals surface area contributed by atoms with Gasteiger partial charge in [0.15, 0.2) is 10.9 Å². The highest BCUT2D eigenvalue weighted by atomic mass is 32.1. The third-order valence-corrected chi connectivity index (χ3v) is 9.17. The Bertz CT molecular complexity index is 1690. The van der Waals surface area contributed by atoms with Crippen LogP contribution in [0.2, 0.25) is 0 Å². The Balaban J connectivity index is 1.49. The number of piperazine rings is 1. The lowest BCUT2D eigenvalue weighted by molar-refractivity contribution is -0.126. The molecule has 4 heterocycles. The molecule has 220 valence electrons. The van der Waals surface area contributed by atoms with Crippen molar-refractivity contribution < 1.29 is 18.3 Å². The van der Waals surface area contributed by atoms with Gasteiger partial charge >= 0.3 is 6.01 Å². The molecule has 2 aliphatic heterocycles. The summed E-state index contributed by atoms with van der Waals surface area (Å²) in [4.78, 5) is 31.9. The number of likely N-dealkylation sites (N-methyl/N-ethyl adjacent to an activating group) is 1. The summed E-state index contributed by atoms with van der Waals surface area (Å²) in [6.07, 6.45) is 3.92. The smallest absolute Gasteiger partial charge is 0.319 e. The molecular weight excluding hydrogens is 560 g/mol. The van der Waals surface area contributed by atoms with Crippen LogP contribution in [0.5, 0.6) is 6.01 Å². The maximum absolute atomic E-state index is 16.8. The minimum absolute atomic E-state index is 0.0960. The summed E-state index contributed by atoms with van der Waals surface area (Å²) in [7, 11) is 2.06. The van der Waals surface area contributed by atoms with Crippen molar-refractivity contribution in [3.8, 4) is 17.1 Å². The van der Waals surface area contributed by atoms with E-state index < -0.39 is 11.6 Å². The maximum Gasteiger partial charge on any atom is 0.319 e. The Morgan fingerprint density at radius 3 is 2.64 bits per heavy atom. The van der Waals surface area contributed by atoms with Crippen LogP contribution < -0.4 is 15.4 Å². The number of ether oxygens (including phenoxy) is 1. The molecule has 6 rings (SSSR count). The first-order valence-electron chi connectivity index (χ1n) is 14.2. The molecule has 0 spiro atoms. The normalized spacial score (nSPS) is 17.9. The molecular formula is C30H33F2N7O2S. The van der Waals surface area contributed by atoms with E-state index in [1.807, 2.05) is 17.9 Å². The minimum atomic E-state index is -0.546. The highest BCUT2D eigenvalue weighted by Crippen LogP contribution is 2.41. The molecule has 9 nitrogen and oxygen atoms in total. The first kappa shape index (κ1) is 28.2. The minimum Gasteiger partial charge on any atom is -0.462 e. The highest BCUT2D eigenvalue weighted by Gasteiger charge is 2.28. The number of hydrogen-bond acceptors (Lipinski definition) is 9. The monoisotopic (exact) mass is 593 g/mol. The molecule has 0 radical (unpaired) electrons. The van der Waals surface area contributed by atoms with Gasteiger partial charge in [0, 0.05) is 48.7 Å². The summed E-state index contributed by atoms with van der Waals surface area (Å²) in [5.74, 6) is -0.559. The van der Waals surface area contributed by atoms with Crippen LogP contribution in [0.1, 0.15) is 25.3 Å². The first-order chi connectivity index (χ1) is 20.3. The molecule has 2 aliphatic rings. The Hall–Kier alpha value is -3.90. The van der Waals surface area contributed by atoms with Crippen LogP contribution in [0.3, 0.4) is 0 Å². The Kier molecular flexibility index (Phi) is 7.67. The van der Waals surface area contributed by atoms with Crippen molar-refractivity contribution in [1.82, 2.24) is 24.8 Å². The van der Waals surface area contributed by atoms with Crippen LogP contribution in [-0.4, -0.2) is 83.1 Å². The molecule has 2 aromatic heterocycles. The lowest BCUT2D eigenvalue weighted by atomic mass is 9.94. The molecule has 2 aromatic carbocycles. The van der Waals surface area contributed by atoms with Gasteiger partial charge in [0.1, 0.15) is 23.8 Å². The fourth-order valence-electron chi connectivity index (χ4n) is 5.94. The number of amides is 1. The van der Waals surface area contributed by atoms with E-state index in [9.17, 15) is 9.18 Å². The van der Waals surface area contributed by atoms with Crippen molar-refractivity contribution in [3.05, 3.63) is 48.1 Å². The second kappa shape index (κ2) is 11.4. The molecule has 4 aromatic rings. The second-order valence-corrected chi connectivity index (χ2v) is 11.8. The molecule has 1 atom stereocenters. The summed E-state index contributed by atoms with van der Waals surface area (Å²) >= 11 is 1.04. The summed E-state index contributed by atoms with van der Waals surface area (Å²) in [5.41, 5.74) is 7.86. The van der Waals surface area contributed by atoms with E-state index in [4.69, 9.17) is 15.5 Å². The summed E-state index contributed by atoms with van der Waals surface area (Å²) in [6, 6.07) is 5.10. The number of rotatable bonds is 7. The van der Waals surface area contributed by atoms with E-state index in [2.05, 4.69) is 28.5 Å². The largest absolute Gasteiger partial charge is 0.462 e. The van der Waals surface area contributed by atoms with E-state index in [1.165, 1.54) is 12.1 Å². The molecule has 0 bridgehead atoms. The van der Waals surface area contributed by atoms with Gasteiger partial charge in [-0.3, -0.25) is 4.79 Å². The van der Waals surface area contributed by atoms with Crippen molar-refractivity contribution in [1.29, 1.82) is 0 Å². The number of carbonyl (C=O) groups excluding carboxylic acids is 1.